The summed E-state index contributed by atoms with van der Waals surface area (Å²) in [6.07, 6.45) is 4.15. The van der Waals surface area contributed by atoms with E-state index in [0.717, 1.165) is 35.6 Å². The van der Waals surface area contributed by atoms with Crippen molar-refractivity contribution in [2.75, 3.05) is 54.9 Å². The highest BCUT2D eigenvalue weighted by Crippen LogP contribution is 2.58. The number of rotatable bonds is 8. The molecule has 6 aliphatic rings. The van der Waals surface area contributed by atoms with Gasteiger partial charge in [0.15, 0.2) is 0 Å². The minimum atomic E-state index is -0.867. The highest BCUT2D eigenvalue weighted by molar-refractivity contribution is 8.00. The molecule has 2 aromatic heterocycles. The minimum absolute atomic E-state index is 0.151. The maximum atomic E-state index is 14.4. The lowest BCUT2D eigenvalue weighted by atomic mass is 9.88. The zero-order chi connectivity index (χ0) is 28.9. The number of fused-ring (bicyclic) bond motifs is 3. The van der Waals surface area contributed by atoms with E-state index in [1.165, 1.54) is 11.3 Å². The number of nitrogen functional groups attached to an aromatic ring is 1. The van der Waals surface area contributed by atoms with Gasteiger partial charge in [0.05, 0.1) is 34.1 Å². The summed E-state index contributed by atoms with van der Waals surface area (Å²) in [5, 5.41) is 31.3. The van der Waals surface area contributed by atoms with Crippen LogP contribution in [0.4, 0.5) is 21.3 Å². The molecule has 2 saturated carbocycles. The maximum absolute atomic E-state index is 14.4. The van der Waals surface area contributed by atoms with E-state index in [4.69, 9.17) is 25.4 Å². The zero-order valence-electron chi connectivity index (χ0n) is 23.2. The van der Waals surface area contributed by atoms with Gasteiger partial charge >= 0.3 is 6.01 Å². The van der Waals surface area contributed by atoms with Crippen LogP contribution < -0.4 is 20.3 Å². The molecule has 8 rings (SSSR count). The molecule has 0 aromatic carbocycles. The molecule has 2 atom stereocenters. The standard InChI is InChI=1S/C28H32FN9O2S2/c29-17-8-26(2-1-7-37(26)10-17)16-40-24-34-22(33-23(35-24)38(13-27(39)5-6-27)25(12-31)3-4-25)36-14-28(15-36)20-18(9-30)21(32)42-19(20)11-41-28/h17,39H,1-8,10-11,13-16,32H2/t17-,26+/m1/s1. The summed E-state index contributed by atoms with van der Waals surface area (Å²) in [6, 6.07) is 4.90. The van der Waals surface area contributed by atoms with Gasteiger partial charge in [-0.1, -0.05) is 0 Å². The molecule has 4 aliphatic heterocycles. The Hall–Kier alpha value is -2.91. The molecule has 1 spiro atoms. The smallest absolute Gasteiger partial charge is 0.323 e. The van der Waals surface area contributed by atoms with Gasteiger partial charge in [-0.25, -0.2) is 4.39 Å². The van der Waals surface area contributed by atoms with Crippen molar-refractivity contribution in [3.8, 4) is 18.1 Å². The number of nitrogens with two attached hydrogens (primary N) is 1. The molecule has 14 heteroatoms. The van der Waals surface area contributed by atoms with Crippen LogP contribution in [-0.4, -0.2) is 87.1 Å². The van der Waals surface area contributed by atoms with Crippen molar-refractivity contribution >= 4 is 40.0 Å². The van der Waals surface area contributed by atoms with Crippen molar-refractivity contribution in [3.05, 3.63) is 16.0 Å². The van der Waals surface area contributed by atoms with Crippen molar-refractivity contribution in [2.45, 2.75) is 78.3 Å². The second kappa shape index (κ2) is 9.05. The summed E-state index contributed by atoms with van der Waals surface area (Å²) >= 11 is 3.32. The molecule has 2 aromatic rings. The summed E-state index contributed by atoms with van der Waals surface area (Å²) in [5.74, 6) is 1.58. The van der Waals surface area contributed by atoms with Gasteiger partial charge in [0.1, 0.15) is 29.4 Å². The molecule has 0 bridgehead atoms. The molecule has 42 heavy (non-hydrogen) atoms. The molecule has 2 aliphatic carbocycles. The Kier molecular flexibility index (Phi) is 5.75. The van der Waals surface area contributed by atoms with Crippen LogP contribution in [0.5, 0.6) is 6.01 Å². The van der Waals surface area contributed by atoms with Crippen LogP contribution >= 0.6 is 23.1 Å². The molecular weight excluding hydrogens is 578 g/mol. The Balaban J connectivity index is 1.12. The monoisotopic (exact) mass is 609 g/mol. The van der Waals surface area contributed by atoms with Crippen LogP contribution in [0.15, 0.2) is 0 Å². The first-order valence-corrected chi connectivity index (χ1v) is 16.4. The fourth-order valence-electron chi connectivity index (χ4n) is 7.31. The van der Waals surface area contributed by atoms with Gasteiger partial charge in [-0.2, -0.15) is 25.5 Å². The number of nitrogens with zero attached hydrogens (tertiary/aromatic N) is 8. The van der Waals surface area contributed by atoms with Crippen LogP contribution in [0.2, 0.25) is 0 Å². The van der Waals surface area contributed by atoms with E-state index in [-0.39, 0.29) is 29.4 Å². The number of anilines is 3. The average Bonchev–Trinajstić information content (AvgIpc) is 3.72. The molecule has 0 amide bonds. The van der Waals surface area contributed by atoms with Crippen molar-refractivity contribution in [2.24, 2.45) is 0 Å². The number of hydrogen-bond donors (Lipinski definition) is 2. The third-order valence-electron chi connectivity index (χ3n) is 10.0. The molecule has 3 saturated heterocycles. The van der Waals surface area contributed by atoms with Crippen LogP contribution in [0.1, 0.15) is 60.9 Å². The molecule has 6 heterocycles. The number of hydrogen-bond acceptors (Lipinski definition) is 13. The Morgan fingerprint density at radius 2 is 1.98 bits per heavy atom. The topological polar surface area (TPSA) is 151 Å². The van der Waals surface area contributed by atoms with Gasteiger partial charge in [0, 0.05) is 42.2 Å². The molecule has 0 unspecified atom stereocenters. The number of aromatic nitrogens is 3. The summed E-state index contributed by atoms with van der Waals surface area (Å²) in [5.41, 5.74) is 5.82. The molecular formula is C28H32FN9O2S2. The molecule has 3 N–H and O–H groups in total. The van der Waals surface area contributed by atoms with Gasteiger partial charge in [0.25, 0.3) is 0 Å². The van der Waals surface area contributed by atoms with E-state index >= 15 is 0 Å². The first-order valence-electron chi connectivity index (χ1n) is 14.6. The van der Waals surface area contributed by atoms with Gasteiger partial charge in [0.2, 0.25) is 11.9 Å². The van der Waals surface area contributed by atoms with E-state index in [2.05, 4.69) is 21.9 Å². The number of β-amino-alcohol motifs (C(OH)–C–C–N with tert-alkyl or cyclic N) is 1. The number of aliphatic hydroxyl groups is 1. The molecule has 0 radical (unpaired) electrons. The number of thiophene rings is 1. The summed E-state index contributed by atoms with van der Waals surface area (Å²) in [4.78, 5) is 21.5. The lowest BCUT2D eigenvalue weighted by Gasteiger charge is -2.47. The van der Waals surface area contributed by atoms with Crippen LogP contribution in [-0.2, 0) is 10.5 Å². The van der Waals surface area contributed by atoms with E-state index in [1.807, 2.05) is 16.7 Å². The second-order valence-corrected chi connectivity index (χ2v) is 15.4. The van der Waals surface area contributed by atoms with Crippen molar-refractivity contribution in [3.63, 3.8) is 0 Å². The summed E-state index contributed by atoms with van der Waals surface area (Å²) in [7, 11) is 0. The normalized spacial score (nSPS) is 29.0. The largest absolute Gasteiger partial charge is 0.461 e. The number of nitriles is 2. The highest BCUT2D eigenvalue weighted by atomic mass is 32.2. The lowest BCUT2D eigenvalue weighted by Crippen LogP contribution is -2.57. The van der Waals surface area contributed by atoms with Crippen molar-refractivity contribution in [1.82, 2.24) is 19.9 Å². The first-order chi connectivity index (χ1) is 20.2. The average molecular weight is 610 g/mol. The lowest BCUT2D eigenvalue weighted by molar-refractivity contribution is 0.107. The Bertz CT molecular complexity index is 1540. The molecule has 220 valence electrons. The van der Waals surface area contributed by atoms with Gasteiger partial charge < -0.3 is 25.4 Å². The number of ether oxygens (including phenoxy) is 1. The van der Waals surface area contributed by atoms with E-state index in [9.17, 15) is 20.0 Å². The number of thioether (sulfide) groups is 1. The van der Waals surface area contributed by atoms with Gasteiger partial charge in [-0.3, -0.25) is 4.90 Å². The maximum Gasteiger partial charge on any atom is 0.323 e. The SMILES string of the molecule is N#Cc1c(N)sc2c1C1(CN(c3nc(OC[C@@]45CCCN4C[C@H](F)C5)nc(N(CC4(O)CC4)C4(C#N)CC4)n3)C1)SC2. The Morgan fingerprint density at radius 1 is 1.17 bits per heavy atom. The Morgan fingerprint density at radius 3 is 2.69 bits per heavy atom. The summed E-state index contributed by atoms with van der Waals surface area (Å²) in [6.45, 7) is 3.06. The van der Waals surface area contributed by atoms with E-state index < -0.39 is 17.3 Å². The van der Waals surface area contributed by atoms with Gasteiger partial charge in [-0.15, -0.1) is 23.1 Å². The number of halogens is 1. The van der Waals surface area contributed by atoms with Crippen molar-refractivity contribution in [1.29, 1.82) is 10.5 Å². The third kappa shape index (κ3) is 4.06. The first kappa shape index (κ1) is 26.7. The van der Waals surface area contributed by atoms with E-state index in [0.29, 0.717) is 74.2 Å². The third-order valence-corrected chi connectivity index (χ3v) is 12.7. The predicted octanol–water partition coefficient (Wildman–Crippen LogP) is 2.69. The van der Waals surface area contributed by atoms with Crippen LogP contribution in [0, 0.1) is 22.7 Å². The fourth-order valence-corrected chi connectivity index (χ4v) is 10.1. The Labute approximate surface area is 251 Å². The zero-order valence-corrected chi connectivity index (χ0v) is 24.8. The number of alkyl halides is 1. The molecule has 11 nitrogen and oxygen atoms in total. The fraction of sp³-hybridized carbons (Fsp3) is 0.679. The van der Waals surface area contributed by atoms with Gasteiger partial charge in [-0.05, 0) is 45.1 Å². The highest BCUT2D eigenvalue weighted by Gasteiger charge is 2.56. The molecule has 5 fully saturated rings. The van der Waals surface area contributed by atoms with Crippen LogP contribution in [0.3, 0.4) is 0 Å². The summed E-state index contributed by atoms with van der Waals surface area (Å²) < 4.78 is 20.5. The van der Waals surface area contributed by atoms with Crippen LogP contribution in [0.25, 0.3) is 0 Å². The minimum Gasteiger partial charge on any atom is -0.461 e. The second-order valence-electron chi connectivity index (χ2n) is 12.9. The van der Waals surface area contributed by atoms with Crippen molar-refractivity contribution < 1.29 is 14.2 Å². The predicted molar refractivity (Wildman–Crippen MR) is 156 cm³/mol. The quantitative estimate of drug-likeness (QED) is 0.453. The van der Waals surface area contributed by atoms with E-state index in [1.54, 1.807) is 0 Å².